The molecule has 0 saturated heterocycles. The van der Waals surface area contributed by atoms with Crippen LogP contribution in [-0.4, -0.2) is 20.8 Å². The van der Waals surface area contributed by atoms with Gasteiger partial charge < -0.3 is 14.8 Å². The number of hydrogen-bond acceptors (Lipinski definition) is 3. The fourth-order valence-corrected chi connectivity index (χ4v) is 3.12. The number of hydrogen-bond donors (Lipinski definition) is 1. The molecule has 0 unspecified atom stereocenters. The van der Waals surface area contributed by atoms with Gasteiger partial charge in [-0.15, -0.1) is 0 Å². The molecule has 3 nitrogen and oxygen atoms in total. The first kappa shape index (κ1) is 18.0. The monoisotopic (exact) mass is 347 g/mol. The van der Waals surface area contributed by atoms with Gasteiger partial charge in [-0.3, -0.25) is 0 Å². The molecule has 0 aliphatic carbocycles. The second-order valence-electron chi connectivity index (χ2n) is 6.15. The molecule has 3 rings (SSSR count). The van der Waals surface area contributed by atoms with Crippen LogP contribution in [0.1, 0.15) is 22.7 Å². The fourth-order valence-electron chi connectivity index (χ4n) is 3.12. The van der Waals surface area contributed by atoms with Gasteiger partial charge in [-0.25, -0.2) is 0 Å². The third kappa shape index (κ3) is 4.44. The van der Waals surface area contributed by atoms with Crippen LogP contribution in [-0.2, 0) is 6.42 Å². The molecule has 0 heterocycles. The van der Waals surface area contributed by atoms with Crippen molar-refractivity contribution in [1.29, 1.82) is 0 Å². The molecule has 0 saturated carbocycles. The van der Waals surface area contributed by atoms with Gasteiger partial charge in [-0.2, -0.15) is 0 Å². The zero-order chi connectivity index (χ0) is 18.2. The number of ether oxygens (including phenoxy) is 2. The van der Waals surface area contributed by atoms with Crippen LogP contribution in [0.4, 0.5) is 0 Å². The normalized spacial score (nSPS) is 10.7. The SMILES string of the molecule is COc1ccc(CCNC(c2ccccc2)c2ccccc2)cc1OC. The molecule has 0 bridgehead atoms. The molecule has 0 fully saturated rings. The van der Waals surface area contributed by atoms with E-state index in [1.165, 1.54) is 16.7 Å². The minimum atomic E-state index is 0.178. The molecule has 1 N–H and O–H groups in total. The Hall–Kier alpha value is -2.78. The average molecular weight is 347 g/mol. The van der Waals surface area contributed by atoms with Gasteiger partial charge in [0.15, 0.2) is 11.5 Å². The van der Waals surface area contributed by atoms with E-state index in [1.54, 1.807) is 14.2 Å². The van der Waals surface area contributed by atoms with Gasteiger partial charge in [0.2, 0.25) is 0 Å². The molecular formula is C23H25NO2. The standard InChI is InChI=1S/C23H25NO2/c1-25-21-14-13-18(17-22(21)26-2)15-16-24-23(19-9-5-3-6-10-19)20-11-7-4-8-12-20/h3-14,17,23-24H,15-16H2,1-2H3. The van der Waals surface area contributed by atoms with Crippen molar-refractivity contribution < 1.29 is 9.47 Å². The maximum absolute atomic E-state index is 5.40. The van der Waals surface area contributed by atoms with Crippen molar-refractivity contribution in [1.82, 2.24) is 5.32 Å². The molecule has 0 atom stereocenters. The first-order valence-electron chi connectivity index (χ1n) is 8.86. The van der Waals surface area contributed by atoms with E-state index < -0.39 is 0 Å². The van der Waals surface area contributed by atoms with E-state index in [1.807, 2.05) is 12.1 Å². The highest BCUT2D eigenvalue weighted by Crippen LogP contribution is 2.28. The molecule has 26 heavy (non-hydrogen) atoms. The van der Waals surface area contributed by atoms with Gasteiger partial charge in [-0.05, 0) is 35.2 Å². The highest BCUT2D eigenvalue weighted by molar-refractivity contribution is 5.43. The second-order valence-corrected chi connectivity index (χ2v) is 6.15. The van der Waals surface area contributed by atoms with Crippen molar-refractivity contribution in [3.05, 3.63) is 95.6 Å². The summed E-state index contributed by atoms with van der Waals surface area (Å²) >= 11 is 0. The highest BCUT2D eigenvalue weighted by atomic mass is 16.5. The van der Waals surface area contributed by atoms with Crippen LogP contribution in [0.25, 0.3) is 0 Å². The molecular weight excluding hydrogens is 322 g/mol. The summed E-state index contributed by atoms with van der Waals surface area (Å²) in [6, 6.07) is 27.4. The molecule has 3 heteroatoms. The Morgan fingerprint density at radius 2 is 1.31 bits per heavy atom. The zero-order valence-corrected chi connectivity index (χ0v) is 15.3. The molecule has 0 aromatic heterocycles. The summed E-state index contributed by atoms with van der Waals surface area (Å²) in [5.74, 6) is 1.53. The smallest absolute Gasteiger partial charge is 0.160 e. The van der Waals surface area contributed by atoms with Crippen molar-refractivity contribution in [2.75, 3.05) is 20.8 Å². The predicted octanol–water partition coefficient (Wildman–Crippen LogP) is 4.63. The third-order valence-corrected chi connectivity index (χ3v) is 4.48. The van der Waals surface area contributed by atoms with E-state index >= 15 is 0 Å². The van der Waals surface area contributed by atoms with Crippen LogP contribution in [0.5, 0.6) is 11.5 Å². The summed E-state index contributed by atoms with van der Waals surface area (Å²) < 4.78 is 10.7. The van der Waals surface area contributed by atoms with Gasteiger partial charge in [0.05, 0.1) is 20.3 Å². The first-order chi connectivity index (χ1) is 12.8. The molecule has 0 spiro atoms. The van der Waals surface area contributed by atoms with E-state index in [0.717, 1.165) is 24.5 Å². The van der Waals surface area contributed by atoms with E-state index in [2.05, 4.69) is 72.0 Å². The Kier molecular flexibility index (Phi) is 6.29. The van der Waals surface area contributed by atoms with E-state index in [9.17, 15) is 0 Å². The van der Waals surface area contributed by atoms with Crippen LogP contribution < -0.4 is 14.8 Å². The van der Waals surface area contributed by atoms with Crippen LogP contribution >= 0.6 is 0 Å². The summed E-state index contributed by atoms with van der Waals surface area (Å²) in [7, 11) is 3.32. The van der Waals surface area contributed by atoms with Gasteiger partial charge in [0, 0.05) is 6.54 Å². The highest BCUT2D eigenvalue weighted by Gasteiger charge is 2.13. The van der Waals surface area contributed by atoms with E-state index in [-0.39, 0.29) is 6.04 Å². The number of benzene rings is 3. The van der Waals surface area contributed by atoms with Crippen LogP contribution in [0, 0.1) is 0 Å². The third-order valence-electron chi connectivity index (χ3n) is 4.48. The Labute approximate surface area is 155 Å². The van der Waals surface area contributed by atoms with Crippen molar-refractivity contribution in [3.8, 4) is 11.5 Å². The van der Waals surface area contributed by atoms with Crippen LogP contribution in [0.3, 0.4) is 0 Å². The number of rotatable bonds is 8. The maximum atomic E-state index is 5.40. The predicted molar refractivity (Wildman–Crippen MR) is 106 cm³/mol. The van der Waals surface area contributed by atoms with Crippen LogP contribution in [0.2, 0.25) is 0 Å². The van der Waals surface area contributed by atoms with Gasteiger partial charge in [0.25, 0.3) is 0 Å². The molecule has 134 valence electrons. The van der Waals surface area contributed by atoms with Crippen molar-refractivity contribution in [2.24, 2.45) is 0 Å². The summed E-state index contributed by atoms with van der Waals surface area (Å²) in [5.41, 5.74) is 3.76. The second kappa shape index (κ2) is 9.07. The minimum Gasteiger partial charge on any atom is -0.493 e. The quantitative estimate of drug-likeness (QED) is 0.645. The fraction of sp³-hybridized carbons (Fsp3) is 0.217. The lowest BCUT2D eigenvalue weighted by atomic mass is 9.98. The lowest BCUT2D eigenvalue weighted by Crippen LogP contribution is -2.24. The molecule has 3 aromatic carbocycles. The van der Waals surface area contributed by atoms with Gasteiger partial charge in [0.1, 0.15) is 0 Å². The lowest BCUT2D eigenvalue weighted by Gasteiger charge is -2.20. The number of nitrogens with one attached hydrogen (secondary N) is 1. The van der Waals surface area contributed by atoms with Crippen molar-refractivity contribution in [2.45, 2.75) is 12.5 Å². The zero-order valence-electron chi connectivity index (χ0n) is 15.3. The molecule has 0 aliphatic heterocycles. The maximum Gasteiger partial charge on any atom is 0.160 e. The Morgan fingerprint density at radius 1 is 0.731 bits per heavy atom. The summed E-state index contributed by atoms with van der Waals surface area (Å²) in [6.45, 7) is 0.865. The number of methoxy groups -OCH3 is 2. The van der Waals surface area contributed by atoms with Crippen molar-refractivity contribution in [3.63, 3.8) is 0 Å². The summed E-state index contributed by atoms with van der Waals surface area (Å²) in [5, 5.41) is 3.69. The summed E-state index contributed by atoms with van der Waals surface area (Å²) in [4.78, 5) is 0. The Bertz CT molecular complexity index is 763. The molecule has 3 aromatic rings. The van der Waals surface area contributed by atoms with Crippen molar-refractivity contribution >= 4 is 0 Å². The minimum absolute atomic E-state index is 0.178. The Balaban J connectivity index is 1.71. The molecule has 0 amide bonds. The van der Waals surface area contributed by atoms with E-state index in [0.29, 0.717) is 0 Å². The lowest BCUT2D eigenvalue weighted by molar-refractivity contribution is 0.354. The Morgan fingerprint density at radius 3 is 1.85 bits per heavy atom. The molecule has 0 aliphatic rings. The average Bonchev–Trinajstić information content (AvgIpc) is 2.72. The van der Waals surface area contributed by atoms with Gasteiger partial charge >= 0.3 is 0 Å². The van der Waals surface area contributed by atoms with Gasteiger partial charge in [-0.1, -0.05) is 66.7 Å². The first-order valence-corrected chi connectivity index (χ1v) is 8.86. The topological polar surface area (TPSA) is 30.5 Å². The van der Waals surface area contributed by atoms with Crippen LogP contribution in [0.15, 0.2) is 78.9 Å². The van der Waals surface area contributed by atoms with E-state index in [4.69, 9.17) is 9.47 Å². The summed E-state index contributed by atoms with van der Waals surface area (Å²) in [6.07, 6.45) is 0.913. The molecule has 0 radical (unpaired) electrons. The largest absolute Gasteiger partial charge is 0.493 e.